The van der Waals surface area contributed by atoms with E-state index in [0.717, 1.165) is 5.06 Å². The van der Waals surface area contributed by atoms with E-state index < -0.39 is 6.10 Å². The van der Waals surface area contributed by atoms with Crippen molar-refractivity contribution in [3.63, 3.8) is 0 Å². The van der Waals surface area contributed by atoms with Crippen LogP contribution in [0, 0.1) is 0 Å². The first-order chi connectivity index (χ1) is 4.16. The predicted octanol–water partition coefficient (Wildman–Crippen LogP) is -0.826. The molecule has 3 N–H and O–H groups in total. The highest BCUT2D eigenvalue weighted by Gasteiger charge is 1.92. The van der Waals surface area contributed by atoms with Crippen molar-refractivity contribution in [2.75, 3.05) is 13.7 Å². The third-order valence-electron chi connectivity index (χ3n) is 0.711. The zero-order valence-electron chi connectivity index (χ0n) is 5.23. The Morgan fingerprint density at radius 1 is 1.67 bits per heavy atom. The van der Waals surface area contributed by atoms with E-state index in [4.69, 9.17) is 15.4 Å². The van der Waals surface area contributed by atoms with E-state index in [1.54, 1.807) is 0 Å². The molecule has 0 spiro atoms. The molecule has 0 aliphatic rings. The summed E-state index contributed by atoms with van der Waals surface area (Å²) in [6.45, 7) is -0.329. The van der Waals surface area contributed by atoms with Gasteiger partial charge in [0.1, 0.15) is 0 Å². The molecule has 0 fully saturated rings. The second-order valence-corrected chi connectivity index (χ2v) is 1.67. The standard InChI is InChI=1S/C5H11NO3/c1-6(9)3-2-5(8)4-7/h2-3,5,7-9H,4H2,1H3/b3-2-. The molecule has 0 rings (SSSR count). The van der Waals surface area contributed by atoms with Crippen LogP contribution in [-0.2, 0) is 0 Å². The van der Waals surface area contributed by atoms with Crippen molar-refractivity contribution in [3.05, 3.63) is 12.3 Å². The summed E-state index contributed by atoms with van der Waals surface area (Å²) in [5, 5.41) is 26.1. The minimum atomic E-state index is -0.889. The molecule has 4 heteroatoms. The van der Waals surface area contributed by atoms with Crippen molar-refractivity contribution in [3.8, 4) is 0 Å². The van der Waals surface area contributed by atoms with E-state index in [0.29, 0.717) is 0 Å². The van der Waals surface area contributed by atoms with E-state index in [1.165, 1.54) is 19.3 Å². The summed E-state index contributed by atoms with van der Waals surface area (Å²) in [4.78, 5) is 0. The molecule has 0 amide bonds. The largest absolute Gasteiger partial charge is 0.393 e. The van der Waals surface area contributed by atoms with Crippen molar-refractivity contribution < 1.29 is 15.4 Å². The highest BCUT2D eigenvalue weighted by Crippen LogP contribution is 1.84. The van der Waals surface area contributed by atoms with Gasteiger partial charge in [0.15, 0.2) is 0 Å². The quantitative estimate of drug-likeness (QED) is 0.440. The minimum Gasteiger partial charge on any atom is -0.393 e. The van der Waals surface area contributed by atoms with Gasteiger partial charge in [-0.25, -0.2) is 0 Å². The molecule has 0 bridgehead atoms. The summed E-state index contributed by atoms with van der Waals surface area (Å²) in [6.07, 6.45) is 1.64. The third kappa shape index (κ3) is 5.29. The summed E-state index contributed by atoms with van der Waals surface area (Å²) < 4.78 is 0. The summed E-state index contributed by atoms with van der Waals surface area (Å²) >= 11 is 0. The first-order valence-corrected chi connectivity index (χ1v) is 2.55. The second-order valence-electron chi connectivity index (χ2n) is 1.67. The van der Waals surface area contributed by atoms with Crippen LogP contribution in [0.4, 0.5) is 0 Å². The number of aliphatic hydroxyl groups is 2. The Kier molecular flexibility index (Phi) is 4.04. The van der Waals surface area contributed by atoms with Gasteiger partial charge in [0.25, 0.3) is 0 Å². The fourth-order valence-corrected chi connectivity index (χ4v) is 0.285. The molecule has 1 unspecified atom stereocenters. The smallest absolute Gasteiger partial charge is 0.0969 e. The molecule has 9 heavy (non-hydrogen) atoms. The SMILES string of the molecule is CN(O)/C=C\C(O)CO. The summed E-state index contributed by atoms with van der Waals surface area (Å²) in [6, 6.07) is 0. The maximum absolute atomic E-state index is 8.63. The Labute approximate surface area is 53.6 Å². The van der Waals surface area contributed by atoms with Gasteiger partial charge in [-0.05, 0) is 6.08 Å². The number of hydrogen-bond acceptors (Lipinski definition) is 4. The molecule has 4 nitrogen and oxygen atoms in total. The molecule has 0 aliphatic carbocycles. The van der Waals surface area contributed by atoms with Gasteiger partial charge in [-0.2, -0.15) is 0 Å². The van der Waals surface area contributed by atoms with E-state index >= 15 is 0 Å². The van der Waals surface area contributed by atoms with Crippen molar-refractivity contribution in [1.29, 1.82) is 0 Å². The zero-order chi connectivity index (χ0) is 7.28. The molecule has 0 aromatic heterocycles. The fourth-order valence-electron chi connectivity index (χ4n) is 0.285. The molecule has 0 aromatic carbocycles. The molecular weight excluding hydrogens is 122 g/mol. The number of hydrogen-bond donors (Lipinski definition) is 3. The third-order valence-corrected chi connectivity index (χ3v) is 0.711. The fraction of sp³-hybridized carbons (Fsp3) is 0.600. The van der Waals surface area contributed by atoms with Gasteiger partial charge in [0, 0.05) is 13.2 Å². The average molecular weight is 133 g/mol. The van der Waals surface area contributed by atoms with E-state index in [1.807, 2.05) is 0 Å². The molecule has 0 saturated carbocycles. The van der Waals surface area contributed by atoms with Gasteiger partial charge in [0.2, 0.25) is 0 Å². The molecular formula is C5H11NO3. The van der Waals surface area contributed by atoms with Crippen molar-refractivity contribution in [2.45, 2.75) is 6.10 Å². The molecule has 0 aromatic rings. The van der Waals surface area contributed by atoms with Gasteiger partial charge in [0.05, 0.1) is 12.7 Å². The zero-order valence-corrected chi connectivity index (χ0v) is 5.23. The van der Waals surface area contributed by atoms with Gasteiger partial charge in [-0.3, -0.25) is 10.3 Å². The molecule has 0 aliphatic heterocycles. The van der Waals surface area contributed by atoms with Gasteiger partial charge in [-0.1, -0.05) is 0 Å². The van der Waals surface area contributed by atoms with Crippen LogP contribution in [0.3, 0.4) is 0 Å². The Morgan fingerprint density at radius 2 is 2.22 bits per heavy atom. The van der Waals surface area contributed by atoms with Gasteiger partial charge < -0.3 is 10.2 Å². The van der Waals surface area contributed by atoms with Crippen LogP contribution in [0.15, 0.2) is 12.3 Å². The Hall–Kier alpha value is -0.580. The van der Waals surface area contributed by atoms with Crippen molar-refractivity contribution in [2.24, 2.45) is 0 Å². The highest BCUT2D eigenvalue weighted by molar-refractivity contribution is 4.84. The summed E-state index contributed by atoms with van der Waals surface area (Å²) in [5.74, 6) is 0. The normalized spacial score (nSPS) is 14.2. The lowest BCUT2D eigenvalue weighted by Crippen LogP contribution is -2.10. The van der Waals surface area contributed by atoms with E-state index in [2.05, 4.69) is 0 Å². The summed E-state index contributed by atoms with van der Waals surface area (Å²) in [5.41, 5.74) is 0. The van der Waals surface area contributed by atoms with Crippen LogP contribution in [0.2, 0.25) is 0 Å². The summed E-state index contributed by atoms with van der Waals surface area (Å²) in [7, 11) is 1.40. The lowest BCUT2D eigenvalue weighted by Gasteiger charge is -2.03. The van der Waals surface area contributed by atoms with E-state index in [-0.39, 0.29) is 6.61 Å². The van der Waals surface area contributed by atoms with Gasteiger partial charge in [-0.15, -0.1) is 0 Å². The van der Waals surface area contributed by atoms with Crippen LogP contribution >= 0.6 is 0 Å². The van der Waals surface area contributed by atoms with Crippen LogP contribution < -0.4 is 0 Å². The first kappa shape index (κ1) is 8.42. The van der Waals surface area contributed by atoms with Crippen LogP contribution in [-0.4, -0.2) is 40.2 Å². The lowest BCUT2D eigenvalue weighted by atomic mass is 10.4. The Bertz CT molecular complexity index is 92.2. The topological polar surface area (TPSA) is 63.9 Å². The van der Waals surface area contributed by atoms with E-state index in [9.17, 15) is 0 Å². The molecule has 0 radical (unpaired) electrons. The number of rotatable bonds is 3. The van der Waals surface area contributed by atoms with Crippen LogP contribution in [0.1, 0.15) is 0 Å². The second kappa shape index (κ2) is 4.31. The molecule has 54 valence electrons. The predicted molar refractivity (Wildman–Crippen MR) is 31.8 cm³/mol. The lowest BCUT2D eigenvalue weighted by molar-refractivity contribution is -0.0145. The maximum Gasteiger partial charge on any atom is 0.0969 e. The highest BCUT2D eigenvalue weighted by atomic mass is 16.5. The molecule has 0 saturated heterocycles. The monoisotopic (exact) mass is 133 g/mol. The molecule has 0 heterocycles. The van der Waals surface area contributed by atoms with Crippen molar-refractivity contribution in [1.82, 2.24) is 5.06 Å². The molecule has 1 atom stereocenters. The number of aliphatic hydroxyl groups excluding tert-OH is 2. The number of nitrogens with zero attached hydrogens (tertiary/aromatic N) is 1. The maximum atomic E-state index is 8.63. The van der Waals surface area contributed by atoms with Crippen molar-refractivity contribution >= 4 is 0 Å². The average Bonchev–Trinajstić information content (AvgIpc) is 1.83. The Balaban J connectivity index is 3.43. The van der Waals surface area contributed by atoms with Crippen LogP contribution in [0.5, 0.6) is 0 Å². The minimum absolute atomic E-state index is 0.329. The Morgan fingerprint density at radius 3 is 2.56 bits per heavy atom. The first-order valence-electron chi connectivity index (χ1n) is 2.55. The number of hydroxylamine groups is 2. The van der Waals surface area contributed by atoms with Crippen LogP contribution in [0.25, 0.3) is 0 Å². The van der Waals surface area contributed by atoms with Gasteiger partial charge >= 0.3 is 0 Å².